The van der Waals surface area contributed by atoms with E-state index in [9.17, 15) is 8.42 Å². The van der Waals surface area contributed by atoms with E-state index in [2.05, 4.69) is 25.6 Å². The van der Waals surface area contributed by atoms with E-state index in [-0.39, 0.29) is 5.75 Å². The summed E-state index contributed by atoms with van der Waals surface area (Å²) < 4.78 is 26.0. The first kappa shape index (κ1) is 12.7. The molecule has 0 aromatic carbocycles. The van der Waals surface area contributed by atoms with Crippen molar-refractivity contribution in [1.29, 1.82) is 0 Å². The van der Waals surface area contributed by atoms with E-state index in [0.29, 0.717) is 18.1 Å². The molecule has 0 amide bonds. The Kier molecular flexibility index (Phi) is 4.82. The van der Waals surface area contributed by atoms with Crippen LogP contribution in [0.2, 0.25) is 0 Å². The van der Waals surface area contributed by atoms with Crippen LogP contribution in [0.3, 0.4) is 0 Å². The molecular formula is C8H10BrClN2O2S. The molecule has 0 atom stereocenters. The Morgan fingerprint density at radius 2 is 2.20 bits per heavy atom. The van der Waals surface area contributed by atoms with E-state index in [1.165, 1.54) is 6.20 Å². The minimum atomic E-state index is -3.32. The van der Waals surface area contributed by atoms with E-state index in [4.69, 9.17) is 11.6 Å². The summed E-state index contributed by atoms with van der Waals surface area (Å²) in [6.07, 6.45) is 1.95. The zero-order chi connectivity index (χ0) is 11.3. The summed E-state index contributed by atoms with van der Waals surface area (Å²) in [5.41, 5.74) is 0. The second kappa shape index (κ2) is 5.67. The number of alkyl halides is 1. The topological polar surface area (TPSA) is 59.1 Å². The molecule has 0 saturated carbocycles. The van der Waals surface area contributed by atoms with Crippen molar-refractivity contribution in [3.63, 3.8) is 0 Å². The molecule has 0 aliphatic heterocycles. The molecule has 7 heteroatoms. The van der Waals surface area contributed by atoms with Gasteiger partial charge in [-0.3, -0.25) is 4.72 Å². The number of hydrogen-bond donors (Lipinski definition) is 1. The van der Waals surface area contributed by atoms with Crippen molar-refractivity contribution < 1.29 is 8.42 Å². The number of sulfonamides is 1. The van der Waals surface area contributed by atoms with Crippen LogP contribution in [-0.4, -0.2) is 25.0 Å². The van der Waals surface area contributed by atoms with Crippen molar-refractivity contribution in [3.05, 3.63) is 22.8 Å². The molecule has 0 radical (unpaired) electrons. The van der Waals surface area contributed by atoms with E-state index >= 15 is 0 Å². The minimum absolute atomic E-state index is 0.00818. The van der Waals surface area contributed by atoms with Gasteiger partial charge in [-0.2, -0.15) is 0 Å². The maximum atomic E-state index is 11.4. The molecule has 15 heavy (non-hydrogen) atoms. The smallest absolute Gasteiger partial charge is 0.233 e. The molecule has 1 rings (SSSR count). The van der Waals surface area contributed by atoms with Gasteiger partial charge in [0.1, 0.15) is 5.82 Å². The summed E-state index contributed by atoms with van der Waals surface area (Å²) in [5.74, 6) is 0.649. The third-order valence-electron chi connectivity index (χ3n) is 1.53. The lowest BCUT2D eigenvalue weighted by molar-refractivity contribution is 0.600. The summed E-state index contributed by atoms with van der Waals surface area (Å²) in [7, 11) is -3.32. The van der Waals surface area contributed by atoms with Gasteiger partial charge in [0, 0.05) is 16.5 Å². The molecular weight excluding hydrogens is 304 g/mol. The number of halogens is 2. The quantitative estimate of drug-likeness (QED) is 0.848. The number of aromatic nitrogens is 1. The van der Waals surface area contributed by atoms with Gasteiger partial charge in [-0.15, -0.1) is 11.6 Å². The van der Waals surface area contributed by atoms with Gasteiger partial charge in [-0.25, -0.2) is 13.4 Å². The molecule has 0 bridgehead atoms. The largest absolute Gasteiger partial charge is 0.267 e. The monoisotopic (exact) mass is 312 g/mol. The molecule has 1 aromatic heterocycles. The van der Waals surface area contributed by atoms with E-state index in [1.807, 2.05) is 0 Å². The lowest BCUT2D eigenvalue weighted by atomic mass is 10.5. The third-order valence-corrected chi connectivity index (χ3v) is 3.62. The van der Waals surface area contributed by atoms with Crippen molar-refractivity contribution >= 4 is 43.4 Å². The lowest BCUT2D eigenvalue weighted by Crippen LogP contribution is -2.17. The molecule has 0 aliphatic rings. The normalized spacial score (nSPS) is 11.3. The van der Waals surface area contributed by atoms with E-state index < -0.39 is 10.0 Å². The first-order chi connectivity index (χ1) is 7.03. The minimum Gasteiger partial charge on any atom is -0.267 e. The summed E-state index contributed by atoms with van der Waals surface area (Å²) in [6.45, 7) is 0. The third kappa shape index (κ3) is 4.81. The average molecular weight is 314 g/mol. The van der Waals surface area contributed by atoms with Crippen LogP contribution in [-0.2, 0) is 10.0 Å². The van der Waals surface area contributed by atoms with Crippen LogP contribution in [0.4, 0.5) is 5.82 Å². The predicted molar refractivity (Wildman–Crippen MR) is 64.7 cm³/mol. The van der Waals surface area contributed by atoms with E-state index in [1.54, 1.807) is 12.1 Å². The van der Waals surface area contributed by atoms with Gasteiger partial charge in [0.05, 0.1) is 5.75 Å². The molecule has 84 valence electrons. The molecule has 4 nitrogen and oxygen atoms in total. The summed E-state index contributed by atoms with van der Waals surface area (Å²) in [6, 6.07) is 3.30. The van der Waals surface area contributed by atoms with Crippen LogP contribution in [0.1, 0.15) is 6.42 Å². The van der Waals surface area contributed by atoms with Gasteiger partial charge in [-0.05, 0) is 34.5 Å². The molecule has 0 aliphatic carbocycles. The Balaban J connectivity index is 2.65. The van der Waals surface area contributed by atoms with Crippen LogP contribution in [0, 0.1) is 0 Å². The molecule has 0 fully saturated rings. The van der Waals surface area contributed by atoms with Gasteiger partial charge in [0.15, 0.2) is 0 Å². The summed E-state index contributed by atoms with van der Waals surface area (Å²) >= 11 is 8.63. The van der Waals surface area contributed by atoms with Crippen molar-refractivity contribution in [2.45, 2.75) is 6.42 Å². The van der Waals surface area contributed by atoms with Gasteiger partial charge in [-0.1, -0.05) is 0 Å². The fourth-order valence-corrected chi connectivity index (χ4v) is 2.48. The molecule has 0 saturated heterocycles. The highest BCUT2D eigenvalue weighted by molar-refractivity contribution is 9.10. The number of hydrogen-bond acceptors (Lipinski definition) is 3. The number of nitrogens with one attached hydrogen (secondary N) is 1. The lowest BCUT2D eigenvalue weighted by Gasteiger charge is -2.05. The van der Waals surface area contributed by atoms with Gasteiger partial charge in [0.2, 0.25) is 10.0 Å². The number of pyridine rings is 1. The van der Waals surface area contributed by atoms with Gasteiger partial charge < -0.3 is 0 Å². The maximum absolute atomic E-state index is 11.4. The molecule has 1 N–H and O–H groups in total. The average Bonchev–Trinajstić information content (AvgIpc) is 2.18. The van der Waals surface area contributed by atoms with Crippen LogP contribution < -0.4 is 4.72 Å². The maximum Gasteiger partial charge on any atom is 0.233 e. The first-order valence-corrected chi connectivity index (χ1v) is 7.19. The van der Waals surface area contributed by atoms with Crippen molar-refractivity contribution in [2.75, 3.05) is 16.4 Å². The highest BCUT2D eigenvalue weighted by Gasteiger charge is 2.09. The van der Waals surface area contributed by atoms with Crippen LogP contribution in [0.5, 0.6) is 0 Å². The Bertz CT molecular complexity index is 407. The van der Waals surface area contributed by atoms with Gasteiger partial charge >= 0.3 is 0 Å². The Labute approximate surface area is 102 Å². The number of nitrogens with zero attached hydrogens (tertiary/aromatic N) is 1. The zero-order valence-electron chi connectivity index (χ0n) is 7.78. The van der Waals surface area contributed by atoms with Crippen molar-refractivity contribution in [3.8, 4) is 0 Å². The molecule has 0 spiro atoms. The summed E-state index contributed by atoms with van der Waals surface area (Å²) in [4.78, 5) is 3.90. The van der Waals surface area contributed by atoms with Crippen LogP contribution in [0.15, 0.2) is 22.8 Å². The van der Waals surface area contributed by atoms with Gasteiger partial charge in [0.25, 0.3) is 0 Å². The van der Waals surface area contributed by atoms with E-state index in [0.717, 1.165) is 4.47 Å². The fourth-order valence-electron chi connectivity index (χ4n) is 0.891. The SMILES string of the molecule is O=S(=O)(CCCCl)Nc1ccc(Br)cn1. The second-order valence-corrected chi connectivity index (χ2v) is 5.96. The second-order valence-electron chi connectivity index (χ2n) is 2.83. The predicted octanol–water partition coefficient (Wildman–Crippen LogP) is 2.21. The Morgan fingerprint density at radius 1 is 1.47 bits per heavy atom. The Morgan fingerprint density at radius 3 is 2.73 bits per heavy atom. The zero-order valence-corrected chi connectivity index (χ0v) is 10.9. The summed E-state index contributed by atoms with van der Waals surface area (Å²) in [5, 5.41) is 0. The van der Waals surface area contributed by atoms with Crippen molar-refractivity contribution in [2.24, 2.45) is 0 Å². The fraction of sp³-hybridized carbons (Fsp3) is 0.375. The highest BCUT2D eigenvalue weighted by atomic mass is 79.9. The van der Waals surface area contributed by atoms with Crippen LogP contribution >= 0.6 is 27.5 Å². The number of anilines is 1. The first-order valence-electron chi connectivity index (χ1n) is 4.21. The Hall–Kier alpha value is -0.330. The molecule has 1 heterocycles. The molecule has 0 unspecified atom stereocenters. The molecule has 1 aromatic rings. The standard InChI is InChI=1S/C8H10BrClN2O2S/c9-7-2-3-8(11-6-7)12-15(13,14)5-1-4-10/h2-3,6H,1,4-5H2,(H,11,12). The van der Waals surface area contributed by atoms with Crippen molar-refractivity contribution in [1.82, 2.24) is 4.98 Å². The number of rotatable bonds is 5. The highest BCUT2D eigenvalue weighted by Crippen LogP contribution is 2.11. The van der Waals surface area contributed by atoms with Crippen LogP contribution in [0.25, 0.3) is 0 Å².